The standard InChI is InChI=1S/C18H18N4O4/c1-25-12-5-4-10-6-7-18(13(10)8-12)16(23)22(17(24)19-18)9-14-20-21-15(26-14)11-2-3-11/h4-5,8,11H,2-3,6-7,9H2,1H3,(H,19,24). The van der Waals surface area contributed by atoms with Gasteiger partial charge in [0, 0.05) is 5.92 Å². The molecule has 2 aromatic rings. The number of nitrogens with one attached hydrogen (secondary N) is 1. The van der Waals surface area contributed by atoms with Gasteiger partial charge in [0.15, 0.2) is 0 Å². The molecule has 1 aromatic carbocycles. The van der Waals surface area contributed by atoms with Crippen LogP contribution in [0, 0.1) is 0 Å². The Morgan fingerprint density at radius 3 is 2.96 bits per heavy atom. The molecule has 1 aromatic heterocycles. The number of imide groups is 1. The van der Waals surface area contributed by atoms with E-state index in [0.29, 0.717) is 24.0 Å². The molecule has 1 atom stereocenters. The molecule has 134 valence electrons. The number of hydrogen-bond acceptors (Lipinski definition) is 6. The first-order valence-corrected chi connectivity index (χ1v) is 8.74. The molecule has 0 bridgehead atoms. The van der Waals surface area contributed by atoms with Crippen molar-refractivity contribution in [1.29, 1.82) is 0 Å². The quantitative estimate of drug-likeness (QED) is 0.842. The zero-order valence-electron chi connectivity index (χ0n) is 14.3. The third-order valence-electron chi connectivity index (χ3n) is 5.42. The molecule has 2 fully saturated rings. The highest BCUT2D eigenvalue weighted by molar-refractivity contribution is 6.08. The van der Waals surface area contributed by atoms with Gasteiger partial charge in [-0.2, -0.15) is 0 Å². The summed E-state index contributed by atoms with van der Waals surface area (Å²) < 4.78 is 10.9. The van der Waals surface area contributed by atoms with E-state index in [0.717, 1.165) is 30.4 Å². The van der Waals surface area contributed by atoms with Crippen molar-refractivity contribution in [2.24, 2.45) is 0 Å². The van der Waals surface area contributed by atoms with Gasteiger partial charge in [0.1, 0.15) is 17.8 Å². The fourth-order valence-corrected chi connectivity index (χ4v) is 3.84. The van der Waals surface area contributed by atoms with Crippen molar-refractivity contribution in [1.82, 2.24) is 20.4 Å². The number of ether oxygens (including phenoxy) is 1. The van der Waals surface area contributed by atoms with Gasteiger partial charge in [0.25, 0.3) is 5.91 Å². The SMILES string of the molecule is COc1ccc2c(c1)C1(CC2)NC(=O)N(Cc2nnc(C3CC3)o2)C1=O. The Bertz CT molecular complexity index is 920. The number of fused-ring (bicyclic) bond motifs is 2. The van der Waals surface area contributed by atoms with Gasteiger partial charge in [-0.15, -0.1) is 10.2 Å². The molecule has 2 heterocycles. The van der Waals surface area contributed by atoms with Gasteiger partial charge in [0.2, 0.25) is 11.8 Å². The molecule has 5 rings (SSSR count). The van der Waals surface area contributed by atoms with Crippen molar-refractivity contribution >= 4 is 11.9 Å². The number of carbonyl (C=O) groups is 2. The number of methoxy groups -OCH3 is 1. The molecular weight excluding hydrogens is 336 g/mol. The predicted octanol–water partition coefficient (Wildman–Crippen LogP) is 1.85. The number of amides is 3. The lowest BCUT2D eigenvalue weighted by Crippen LogP contribution is -2.41. The number of carbonyl (C=O) groups excluding carboxylic acids is 2. The van der Waals surface area contributed by atoms with Crippen LogP contribution in [-0.2, 0) is 23.3 Å². The number of urea groups is 1. The summed E-state index contributed by atoms with van der Waals surface area (Å²) >= 11 is 0. The van der Waals surface area contributed by atoms with E-state index in [9.17, 15) is 9.59 Å². The average molecular weight is 354 g/mol. The first-order valence-electron chi connectivity index (χ1n) is 8.74. The highest BCUT2D eigenvalue weighted by Crippen LogP contribution is 2.43. The maximum absolute atomic E-state index is 13.2. The van der Waals surface area contributed by atoms with Crippen LogP contribution in [0.1, 0.15) is 48.1 Å². The fourth-order valence-electron chi connectivity index (χ4n) is 3.84. The molecule has 1 unspecified atom stereocenters. The predicted molar refractivity (Wildman–Crippen MR) is 88.3 cm³/mol. The van der Waals surface area contributed by atoms with Crippen LogP contribution in [0.25, 0.3) is 0 Å². The van der Waals surface area contributed by atoms with Crippen LogP contribution in [0.4, 0.5) is 4.79 Å². The van der Waals surface area contributed by atoms with E-state index < -0.39 is 11.6 Å². The summed E-state index contributed by atoms with van der Waals surface area (Å²) in [6.07, 6.45) is 3.36. The molecule has 3 aliphatic rings. The molecular formula is C18H18N4O4. The normalized spacial score (nSPS) is 24.3. The minimum absolute atomic E-state index is 0.00849. The molecule has 1 saturated carbocycles. The smallest absolute Gasteiger partial charge is 0.325 e. The number of nitrogens with zero attached hydrogens (tertiary/aromatic N) is 3. The Hall–Kier alpha value is -2.90. The Balaban J connectivity index is 1.45. The monoisotopic (exact) mass is 354 g/mol. The van der Waals surface area contributed by atoms with Gasteiger partial charge in [-0.3, -0.25) is 9.69 Å². The lowest BCUT2D eigenvalue weighted by molar-refractivity contribution is -0.132. The summed E-state index contributed by atoms with van der Waals surface area (Å²) in [7, 11) is 1.58. The Labute approximate surface area is 149 Å². The second-order valence-electron chi connectivity index (χ2n) is 7.06. The number of rotatable bonds is 4. The number of benzene rings is 1. The van der Waals surface area contributed by atoms with Crippen LogP contribution in [0.15, 0.2) is 22.6 Å². The van der Waals surface area contributed by atoms with E-state index in [1.807, 2.05) is 18.2 Å². The number of aromatic nitrogens is 2. The maximum Gasteiger partial charge on any atom is 0.325 e. The Kier molecular flexibility index (Phi) is 3.13. The van der Waals surface area contributed by atoms with Crippen molar-refractivity contribution < 1.29 is 18.7 Å². The van der Waals surface area contributed by atoms with Gasteiger partial charge < -0.3 is 14.5 Å². The molecule has 3 amide bonds. The summed E-state index contributed by atoms with van der Waals surface area (Å²) in [4.78, 5) is 26.9. The van der Waals surface area contributed by atoms with Gasteiger partial charge >= 0.3 is 6.03 Å². The minimum Gasteiger partial charge on any atom is -0.497 e. The average Bonchev–Trinajstić information content (AvgIpc) is 3.22. The topological polar surface area (TPSA) is 97.6 Å². The molecule has 0 radical (unpaired) electrons. The van der Waals surface area contributed by atoms with Gasteiger partial charge in [-0.05, 0) is 48.9 Å². The van der Waals surface area contributed by atoms with E-state index in [-0.39, 0.29) is 18.3 Å². The van der Waals surface area contributed by atoms with Crippen molar-refractivity contribution in [2.75, 3.05) is 7.11 Å². The molecule has 8 heteroatoms. The van der Waals surface area contributed by atoms with E-state index in [4.69, 9.17) is 9.15 Å². The summed E-state index contributed by atoms with van der Waals surface area (Å²) in [6.45, 7) is -0.00849. The maximum atomic E-state index is 13.2. The first kappa shape index (κ1) is 15.4. The molecule has 26 heavy (non-hydrogen) atoms. The van der Waals surface area contributed by atoms with Crippen LogP contribution in [0.5, 0.6) is 5.75 Å². The summed E-state index contributed by atoms with van der Waals surface area (Å²) in [5, 5.41) is 10.9. The van der Waals surface area contributed by atoms with Gasteiger partial charge in [0.05, 0.1) is 7.11 Å². The fraction of sp³-hybridized carbons (Fsp3) is 0.444. The molecule has 2 aliphatic carbocycles. The molecule has 1 aliphatic heterocycles. The van der Waals surface area contributed by atoms with Crippen LogP contribution in [0.2, 0.25) is 0 Å². The van der Waals surface area contributed by atoms with E-state index >= 15 is 0 Å². The molecule has 8 nitrogen and oxygen atoms in total. The number of hydrogen-bond donors (Lipinski definition) is 1. The van der Waals surface area contributed by atoms with Crippen molar-refractivity contribution in [3.05, 3.63) is 41.1 Å². The summed E-state index contributed by atoms with van der Waals surface area (Å²) in [6, 6.07) is 5.22. The van der Waals surface area contributed by atoms with Crippen LogP contribution >= 0.6 is 0 Å². The van der Waals surface area contributed by atoms with Crippen molar-refractivity contribution in [3.63, 3.8) is 0 Å². The molecule has 1 N–H and O–H groups in total. The van der Waals surface area contributed by atoms with Crippen LogP contribution in [-0.4, -0.2) is 34.1 Å². The second kappa shape index (κ2) is 5.30. The zero-order valence-corrected chi connectivity index (χ0v) is 14.3. The number of aryl methyl sites for hydroxylation is 1. The highest BCUT2D eigenvalue weighted by Gasteiger charge is 2.55. The van der Waals surface area contributed by atoms with Crippen molar-refractivity contribution in [2.45, 2.75) is 43.7 Å². The van der Waals surface area contributed by atoms with E-state index in [1.165, 1.54) is 4.90 Å². The van der Waals surface area contributed by atoms with Crippen molar-refractivity contribution in [3.8, 4) is 5.75 Å². The first-order chi connectivity index (χ1) is 12.6. The van der Waals surface area contributed by atoms with E-state index in [1.54, 1.807) is 7.11 Å². The lowest BCUT2D eigenvalue weighted by Gasteiger charge is -2.22. The largest absolute Gasteiger partial charge is 0.497 e. The zero-order chi connectivity index (χ0) is 17.9. The summed E-state index contributed by atoms with van der Waals surface area (Å²) in [5.74, 6) is 1.60. The minimum atomic E-state index is -1.03. The Morgan fingerprint density at radius 2 is 2.19 bits per heavy atom. The van der Waals surface area contributed by atoms with Crippen LogP contribution in [0.3, 0.4) is 0 Å². The highest BCUT2D eigenvalue weighted by atomic mass is 16.5. The summed E-state index contributed by atoms with van der Waals surface area (Å²) in [5.41, 5.74) is 0.831. The van der Waals surface area contributed by atoms with Gasteiger partial charge in [-0.1, -0.05) is 6.07 Å². The van der Waals surface area contributed by atoms with E-state index in [2.05, 4.69) is 15.5 Å². The lowest BCUT2D eigenvalue weighted by atomic mass is 9.91. The second-order valence-corrected chi connectivity index (χ2v) is 7.06. The third kappa shape index (κ3) is 2.14. The Morgan fingerprint density at radius 1 is 1.35 bits per heavy atom. The van der Waals surface area contributed by atoms with Crippen LogP contribution < -0.4 is 10.1 Å². The molecule has 1 spiro atoms. The molecule has 1 saturated heterocycles. The van der Waals surface area contributed by atoms with Gasteiger partial charge in [-0.25, -0.2) is 4.79 Å². The third-order valence-corrected chi connectivity index (χ3v) is 5.42.